The van der Waals surface area contributed by atoms with Crippen LogP contribution < -0.4 is 5.73 Å². The lowest BCUT2D eigenvalue weighted by molar-refractivity contribution is 0.100. The van der Waals surface area contributed by atoms with E-state index >= 15 is 0 Å². The van der Waals surface area contributed by atoms with Crippen LogP contribution in [0.3, 0.4) is 0 Å². The monoisotopic (exact) mass is 461 g/mol. The molecule has 0 saturated heterocycles. The molecule has 0 heterocycles. The first-order chi connectivity index (χ1) is 8.21. The standard InChI is InChI=1S/C10H10Br3NO3S/c11-10(12,13)8(18(16)17)5-6-1-3-7(4-2-6)9(14)15/h1-4,8,18H,5H2,(H2,14,15). The third kappa shape index (κ3) is 4.64. The quantitative estimate of drug-likeness (QED) is 0.530. The molecule has 2 N–H and O–H groups in total. The first-order valence-electron chi connectivity index (χ1n) is 4.80. The lowest BCUT2D eigenvalue weighted by Crippen LogP contribution is -2.28. The summed E-state index contributed by atoms with van der Waals surface area (Å²) >= 11 is 9.65. The number of benzene rings is 1. The second kappa shape index (κ2) is 6.49. The Bertz CT molecular complexity index is 500. The van der Waals surface area contributed by atoms with Gasteiger partial charge in [0, 0.05) is 5.56 Å². The van der Waals surface area contributed by atoms with Crippen LogP contribution in [0.2, 0.25) is 0 Å². The number of nitrogens with two attached hydrogens (primary N) is 1. The minimum Gasteiger partial charge on any atom is -0.366 e. The summed E-state index contributed by atoms with van der Waals surface area (Å²) in [7, 11) is -2.63. The summed E-state index contributed by atoms with van der Waals surface area (Å²) < 4.78 is 21.5. The number of halogens is 3. The number of rotatable bonds is 4. The van der Waals surface area contributed by atoms with Crippen molar-refractivity contribution in [2.24, 2.45) is 5.73 Å². The van der Waals surface area contributed by atoms with Crippen molar-refractivity contribution in [1.29, 1.82) is 0 Å². The Kier molecular flexibility index (Phi) is 5.82. The van der Waals surface area contributed by atoms with Crippen molar-refractivity contribution in [3.63, 3.8) is 0 Å². The average Bonchev–Trinajstić information content (AvgIpc) is 2.24. The van der Waals surface area contributed by atoms with Crippen molar-refractivity contribution in [3.05, 3.63) is 35.4 Å². The molecule has 0 aromatic heterocycles. The predicted molar refractivity (Wildman–Crippen MR) is 82.3 cm³/mol. The number of alkyl halides is 3. The van der Waals surface area contributed by atoms with Crippen LogP contribution >= 0.6 is 47.8 Å². The third-order valence-corrected chi connectivity index (χ3v) is 6.10. The fraction of sp³-hybridized carbons (Fsp3) is 0.300. The Balaban J connectivity index is 2.92. The van der Waals surface area contributed by atoms with Crippen molar-refractivity contribution < 1.29 is 13.2 Å². The Labute approximate surface area is 132 Å². The summed E-state index contributed by atoms with van der Waals surface area (Å²) in [6.45, 7) is 0. The maximum absolute atomic E-state index is 11.2. The van der Waals surface area contributed by atoms with Gasteiger partial charge >= 0.3 is 0 Å². The van der Waals surface area contributed by atoms with Crippen LogP contribution in [0.1, 0.15) is 15.9 Å². The van der Waals surface area contributed by atoms with Gasteiger partial charge in [0.15, 0.2) is 2.14 Å². The average molecular weight is 464 g/mol. The summed E-state index contributed by atoms with van der Waals surface area (Å²) in [4.78, 5) is 10.9. The first kappa shape index (κ1) is 16.1. The molecule has 0 aliphatic heterocycles. The van der Waals surface area contributed by atoms with E-state index in [0.717, 1.165) is 5.56 Å². The molecule has 1 aromatic rings. The van der Waals surface area contributed by atoms with Crippen LogP contribution in [0.25, 0.3) is 0 Å². The number of hydrogen-bond donors (Lipinski definition) is 2. The van der Waals surface area contributed by atoms with Crippen molar-refractivity contribution in [2.45, 2.75) is 13.8 Å². The summed E-state index contributed by atoms with van der Waals surface area (Å²) in [6, 6.07) is 6.52. The normalized spacial score (nSPS) is 13.6. The molecule has 1 amide bonds. The molecular weight excluding hydrogens is 454 g/mol. The number of hydrogen-bond acceptors (Lipinski definition) is 3. The van der Waals surface area contributed by atoms with Gasteiger partial charge in [-0.3, -0.25) is 4.79 Å². The highest BCUT2D eigenvalue weighted by Gasteiger charge is 2.33. The highest BCUT2D eigenvalue weighted by Crippen LogP contribution is 2.39. The first-order valence-corrected chi connectivity index (χ1v) is 8.43. The predicted octanol–water partition coefficient (Wildman–Crippen LogP) is 2.15. The summed E-state index contributed by atoms with van der Waals surface area (Å²) in [5.41, 5.74) is 6.32. The van der Waals surface area contributed by atoms with Gasteiger partial charge in [0.1, 0.15) is 10.7 Å². The fourth-order valence-electron chi connectivity index (χ4n) is 1.34. The molecule has 0 radical (unpaired) electrons. The van der Waals surface area contributed by atoms with Gasteiger partial charge in [0.25, 0.3) is 0 Å². The van der Waals surface area contributed by atoms with E-state index in [1.54, 1.807) is 24.3 Å². The number of amides is 1. The maximum atomic E-state index is 11.2. The second-order valence-corrected chi connectivity index (χ2v) is 11.7. The molecule has 0 bridgehead atoms. The van der Waals surface area contributed by atoms with Gasteiger partial charge in [-0.05, 0) is 24.1 Å². The van der Waals surface area contributed by atoms with E-state index in [1.807, 2.05) is 0 Å². The Hall–Kier alpha value is 0.0800. The van der Waals surface area contributed by atoms with E-state index in [-0.39, 0.29) is 0 Å². The Morgan fingerprint density at radius 3 is 2.06 bits per heavy atom. The van der Waals surface area contributed by atoms with E-state index in [1.165, 1.54) is 0 Å². The fourth-order valence-corrected chi connectivity index (χ4v) is 3.93. The van der Waals surface area contributed by atoms with Crippen molar-refractivity contribution in [2.75, 3.05) is 0 Å². The van der Waals surface area contributed by atoms with E-state index < -0.39 is 24.0 Å². The van der Waals surface area contributed by atoms with E-state index in [2.05, 4.69) is 47.8 Å². The van der Waals surface area contributed by atoms with Gasteiger partial charge in [-0.25, -0.2) is 8.42 Å². The van der Waals surface area contributed by atoms with Crippen LogP contribution in [0, 0.1) is 0 Å². The topological polar surface area (TPSA) is 77.2 Å². The van der Waals surface area contributed by atoms with Gasteiger partial charge in [-0.2, -0.15) is 0 Å². The van der Waals surface area contributed by atoms with Crippen LogP contribution in [-0.4, -0.2) is 21.7 Å². The molecule has 1 unspecified atom stereocenters. The molecule has 1 rings (SSSR count). The third-order valence-electron chi connectivity index (χ3n) is 2.30. The Morgan fingerprint density at radius 1 is 1.22 bits per heavy atom. The highest BCUT2D eigenvalue weighted by molar-refractivity contribution is 9.39. The zero-order valence-electron chi connectivity index (χ0n) is 8.98. The van der Waals surface area contributed by atoms with Crippen LogP contribution in [0.5, 0.6) is 0 Å². The molecule has 1 atom stereocenters. The number of primary amides is 1. The molecule has 18 heavy (non-hydrogen) atoms. The number of carbonyl (C=O) groups excluding carboxylic acids is 1. The molecule has 4 nitrogen and oxygen atoms in total. The number of carbonyl (C=O) groups is 1. The van der Waals surface area contributed by atoms with E-state index in [9.17, 15) is 13.2 Å². The van der Waals surface area contributed by atoms with Crippen LogP contribution in [0.15, 0.2) is 24.3 Å². The highest BCUT2D eigenvalue weighted by atomic mass is 80.0. The molecule has 0 aliphatic carbocycles. The molecule has 0 fully saturated rings. The smallest absolute Gasteiger partial charge is 0.248 e. The zero-order chi connectivity index (χ0) is 13.9. The van der Waals surface area contributed by atoms with Gasteiger partial charge < -0.3 is 5.73 Å². The van der Waals surface area contributed by atoms with Crippen LogP contribution in [0.4, 0.5) is 0 Å². The van der Waals surface area contributed by atoms with Crippen molar-refractivity contribution in [3.8, 4) is 0 Å². The number of thiol groups is 1. The Morgan fingerprint density at radius 2 is 1.72 bits per heavy atom. The lowest BCUT2D eigenvalue weighted by Gasteiger charge is -2.20. The lowest BCUT2D eigenvalue weighted by atomic mass is 10.1. The van der Waals surface area contributed by atoms with E-state index in [0.29, 0.717) is 12.0 Å². The molecule has 1 aromatic carbocycles. The van der Waals surface area contributed by atoms with Crippen LogP contribution in [-0.2, 0) is 17.1 Å². The van der Waals surface area contributed by atoms with Gasteiger partial charge in [0.2, 0.25) is 5.91 Å². The minimum atomic E-state index is -2.63. The largest absolute Gasteiger partial charge is 0.366 e. The molecule has 0 aliphatic rings. The minimum absolute atomic E-state index is 0.305. The second-order valence-electron chi connectivity index (χ2n) is 3.61. The summed E-state index contributed by atoms with van der Waals surface area (Å²) in [5, 5.41) is -0.674. The molecule has 100 valence electrons. The molecule has 0 saturated carbocycles. The van der Waals surface area contributed by atoms with Gasteiger partial charge in [-0.15, -0.1) is 0 Å². The zero-order valence-corrected chi connectivity index (χ0v) is 14.6. The van der Waals surface area contributed by atoms with Gasteiger partial charge in [0.05, 0.1) is 5.25 Å². The van der Waals surface area contributed by atoms with Crippen molar-refractivity contribution >= 4 is 64.4 Å². The molecule has 0 spiro atoms. The summed E-state index contributed by atoms with van der Waals surface area (Å²) in [6.07, 6.45) is 0.305. The maximum Gasteiger partial charge on any atom is 0.248 e. The van der Waals surface area contributed by atoms with Crippen molar-refractivity contribution in [1.82, 2.24) is 0 Å². The molecule has 8 heteroatoms. The van der Waals surface area contributed by atoms with E-state index in [4.69, 9.17) is 5.73 Å². The molecular formula is C10H10Br3NO3S. The SMILES string of the molecule is NC(=O)c1ccc(CC([SH](=O)=O)C(Br)(Br)Br)cc1. The summed E-state index contributed by atoms with van der Waals surface area (Å²) in [5.74, 6) is -0.510. The van der Waals surface area contributed by atoms with Gasteiger partial charge in [-0.1, -0.05) is 59.9 Å².